The fraction of sp³-hybridized carbons (Fsp3) is 1.00. The van der Waals surface area contributed by atoms with E-state index >= 15 is 0 Å². The summed E-state index contributed by atoms with van der Waals surface area (Å²) in [6, 6.07) is 0. The van der Waals surface area contributed by atoms with Gasteiger partial charge < -0.3 is 0 Å². The van der Waals surface area contributed by atoms with Crippen LogP contribution in [0.2, 0.25) is 0 Å². The molecule has 0 aliphatic heterocycles. The summed E-state index contributed by atoms with van der Waals surface area (Å²) in [6.07, 6.45) is 1.31. The molecule has 0 aromatic carbocycles. The van der Waals surface area contributed by atoms with Crippen molar-refractivity contribution in [2.24, 2.45) is 11.8 Å². The van der Waals surface area contributed by atoms with Crippen molar-refractivity contribution in [2.75, 3.05) is 6.26 Å². The number of fused-ring (bicyclic) bond motifs is 2. The third-order valence-electron chi connectivity index (χ3n) is 4.42. The fourth-order valence-electron chi connectivity index (χ4n) is 3.00. The van der Waals surface area contributed by atoms with Crippen molar-refractivity contribution in [1.82, 2.24) is 0 Å². The lowest BCUT2D eigenvalue weighted by Crippen LogP contribution is -2.63. The minimum Gasteiger partial charge on any atom is -0.281 e. The van der Waals surface area contributed by atoms with Gasteiger partial charge in [-0.2, -0.15) is 59.7 Å². The second kappa shape index (κ2) is 7.22. The van der Waals surface area contributed by atoms with Crippen LogP contribution in [0.3, 0.4) is 0 Å². The summed E-state index contributed by atoms with van der Waals surface area (Å²) in [4.78, 5) is 0. The van der Waals surface area contributed by atoms with E-state index in [1.54, 1.807) is 12.8 Å². The lowest BCUT2D eigenvalue weighted by molar-refractivity contribution is -0.382. The monoisotopic (exact) mass is 442 g/mol. The van der Waals surface area contributed by atoms with Crippen LogP contribution in [0.5, 0.6) is 0 Å². The molecule has 0 aromatic heterocycles. The molecule has 0 radical (unpaired) electrons. The summed E-state index contributed by atoms with van der Waals surface area (Å²) in [6.45, 7) is 0. The summed E-state index contributed by atoms with van der Waals surface area (Å²) in [5.41, 5.74) is 0. The average Bonchev–Trinajstić information content (AvgIpc) is 3.07. The van der Waals surface area contributed by atoms with Crippen molar-refractivity contribution in [3.8, 4) is 0 Å². The third kappa shape index (κ3) is 4.05. The Balaban J connectivity index is 0.000000308. The summed E-state index contributed by atoms with van der Waals surface area (Å²) in [5, 5.41) is -5.96. The topological polar surface area (TPSA) is 54.4 Å². The van der Waals surface area contributed by atoms with Crippen LogP contribution in [-0.4, -0.2) is 47.8 Å². The first-order valence-corrected chi connectivity index (χ1v) is 9.83. The molecule has 2 rings (SSSR count). The minimum absolute atomic E-state index is 1.05. The van der Waals surface area contributed by atoms with E-state index < -0.39 is 33.4 Å². The van der Waals surface area contributed by atoms with Crippen molar-refractivity contribution in [1.29, 1.82) is 0 Å². The van der Waals surface area contributed by atoms with Crippen molar-refractivity contribution in [2.45, 2.75) is 54.2 Å². The second-order valence-corrected chi connectivity index (χ2v) is 8.63. The van der Waals surface area contributed by atoms with Gasteiger partial charge in [-0.15, -0.1) is 0 Å². The maximum absolute atomic E-state index is 12.2. The Morgan fingerprint density at radius 2 is 1.38 bits per heavy atom. The van der Waals surface area contributed by atoms with Crippen LogP contribution in [-0.2, 0) is 10.1 Å². The van der Waals surface area contributed by atoms with Crippen molar-refractivity contribution >= 4 is 21.9 Å². The zero-order chi connectivity index (χ0) is 20.8. The first-order valence-electron chi connectivity index (χ1n) is 7.10. The maximum Gasteiger partial charge on any atom is 0.460 e. The Kier molecular flexibility index (Phi) is 6.58. The largest absolute Gasteiger partial charge is 0.460 e. The van der Waals surface area contributed by atoms with Crippen molar-refractivity contribution in [3.63, 3.8) is 0 Å². The number of hydrogen-bond acceptors (Lipinski definition) is 3. The van der Waals surface area contributed by atoms with Crippen molar-refractivity contribution < 1.29 is 52.5 Å². The third-order valence-corrected chi connectivity index (χ3v) is 6.50. The molecule has 0 aromatic rings. The molecule has 0 amide bonds. The van der Waals surface area contributed by atoms with E-state index in [-0.39, 0.29) is 0 Å². The number of alkyl halides is 9. The molecule has 0 spiro atoms. The summed E-state index contributed by atoms with van der Waals surface area (Å²) < 4.78 is 134. The number of halogens is 9. The van der Waals surface area contributed by atoms with E-state index in [1.165, 1.54) is 12.8 Å². The molecule has 26 heavy (non-hydrogen) atoms. The van der Waals surface area contributed by atoms with Crippen LogP contribution in [0, 0.1) is 11.8 Å². The maximum atomic E-state index is 12.2. The quantitative estimate of drug-likeness (QED) is 0.500. The fourth-order valence-corrected chi connectivity index (χ4v) is 4.55. The lowest BCUT2D eigenvalue weighted by atomic mass is 10.0. The molecule has 1 N–H and O–H groups in total. The molecule has 3 nitrogen and oxygen atoms in total. The standard InChI is InChI=1S/C8H14S.C4HF9O3S/c1-9-8-5-6-2-3-7(8)4-6;5-1(6,3(9,10)11)2(7,8)4(12,13)17(14,15)16/h6-8H,2-5H2,1H3;(H,14,15,16). The van der Waals surface area contributed by atoms with Crippen LogP contribution < -0.4 is 0 Å². The van der Waals surface area contributed by atoms with Crippen LogP contribution in [0.15, 0.2) is 0 Å². The van der Waals surface area contributed by atoms with Gasteiger partial charge in [0.2, 0.25) is 0 Å². The number of rotatable bonds is 4. The zero-order valence-electron chi connectivity index (χ0n) is 13.0. The second-order valence-electron chi connectivity index (χ2n) is 6.09. The summed E-state index contributed by atoms with van der Waals surface area (Å²) >= 11 is 2.10. The molecule has 14 heteroatoms. The number of hydrogen-bond donors (Lipinski definition) is 1. The number of thioether (sulfide) groups is 1. The van der Waals surface area contributed by atoms with E-state index in [0.717, 1.165) is 17.1 Å². The molecular weight excluding hydrogens is 427 g/mol. The van der Waals surface area contributed by atoms with Gasteiger partial charge in [0.05, 0.1) is 0 Å². The van der Waals surface area contributed by atoms with Gasteiger partial charge in [-0.1, -0.05) is 6.42 Å². The molecule has 2 fully saturated rings. The molecule has 2 bridgehead atoms. The van der Waals surface area contributed by atoms with E-state index in [0.29, 0.717) is 0 Å². The highest BCUT2D eigenvalue weighted by atomic mass is 32.2. The lowest BCUT2D eigenvalue weighted by Gasteiger charge is -2.31. The molecular formula is C12H15F9O3S2. The molecule has 2 saturated carbocycles. The van der Waals surface area contributed by atoms with Crippen LogP contribution in [0.4, 0.5) is 39.5 Å². The van der Waals surface area contributed by atoms with Crippen LogP contribution >= 0.6 is 11.8 Å². The summed E-state index contributed by atoms with van der Waals surface area (Å²) in [7, 11) is -7.17. The van der Waals surface area contributed by atoms with E-state index in [4.69, 9.17) is 4.55 Å². The Labute approximate surface area is 147 Å². The molecule has 2 aliphatic rings. The Morgan fingerprint density at radius 1 is 0.885 bits per heavy atom. The highest BCUT2D eigenvalue weighted by molar-refractivity contribution is 7.99. The molecule has 156 valence electrons. The van der Waals surface area contributed by atoms with Gasteiger partial charge in [-0.3, -0.25) is 4.55 Å². The predicted molar refractivity (Wildman–Crippen MR) is 75.2 cm³/mol. The van der Waals surface area contributed by atoms with E-state index in [9.17, 15) is 47.9 Å². The van der Waals surface area contributed by atoms with Gasteiger partial charge in [0.25, 0.3) is 0 Å². The van der Waals surface area contributed by atoms with Gasteiger partial charge in [0.15, 0.2) is 0 Å². The first-order chi connectivity index (χ1) is 11.4. The Morgan fingerprint density at radius 3 is 1.62 bits per heavy atom. The average molecular weight is 442 g/mol. The van der Waals surface area contributed by atoms with Gasteiger partial charge in [0.1, 0.15) is 0 Å². The van der Waals surface area contributed by atoms with Gasteiger partial charge >= 0.3 is 33.4 Å². The minimum atomic E-state index is -7.37. The predicted octanol–water partition coefficient (Wildman–Crippen LogP) is 4.84. The highest BCUT2D eigenvalue weighted by Gasteiger charge is 2.85. The van der Waals surface area contributed by atoms with Crippen molar-refractivity contribution in [3.05, 3.63) is 0 Å². The normalized spacial score (nSPS) is 27.3. The van der Waals surface area contributed by atoms with Crippen LogP contribution in [0.25, 0.3) is 0 Å². The Bertz CT molecular complexity index is 604. The SMILES string of the molecule is CSC1CC2CCC1C2.O=S(=O)(O)C(F)(F)C(F)(F)C(F)(F)C(F)(F)F. The Hall–Kier alpha value is -0.370. The highest BCUT2D eigenvalue weighted by Crippen LogP contribution is 2.54. The zero-order valence-corrected chi connectivity index (χ0v) is 14.7. The van der Waals surface area contributed by atoms with Gasteiger partial charge in [-0.25, -0.2) is 0 Å². The molecule has 3 atom stereocenters. The molecule has 2 aliphatic carbocycles. The molecule has 3 unspecified atom stereocenters. The molecule has 0 heterocycles. The van der Waals surface area contributed by atoms with Gasteiger partial charge in [0, 0.05) is 5.25 Å². The van der Waals surface area contributed by atoms with Gasteiger partial charge in [-0.05, 0) is 37.4 Å². The first kappa shape index (κ1) is 23.7. The molecule has 0 saturated heterocycles. The summed E-state index contributed by atoms with van der Waals surface area (Å²) in [5.74, 6) is -12.5. The van der Waals surface area contributed by atoms with Crippen LogP contribution in [0.1, 0.15) is 25.7 Å². The van der Waals surface area contributed by atoms with E-state index in [2.05, 4.69) is 18.0 Å². The smallest absolute Gasteiger partial charge is 0.281 e. The van der Waals surface area contributed by atoms with E-state index in [1.807, 2.05) is 0 Å².